The van der Waals surface area contributed by atoms with Crippen molar-refractivity contribution in [1.29, 1.82) is 0 Å². The zero-order valence-corrected chi connectivity index (χ0v) is 13.0. The predicted molar refractivity (Wildman–Crippen MR) is 82.0 cm³/mol. The number of aryl methyl sites for hydroxylation is 2. The van der Waals surface area contributed by atoms with E-state index in [9.17, 15) is 0 Å². The van der Waals surface area contributed by atoms with Gasteiger partial charge in [-0.05, 0) is 38.3 Å². The molecule has 1 atom stereocenters. The van der Waals surface area contributed by atoms with Crippen LogP contribution in [0.4, 0.5) is 0 Å². The summed E-state index contributed by atoms with van der Waals surface area (Å²) in [4.78, 5) is 2.81. The Balaban J connectivity index is 0.00000133. The first-order valence-corrected chi connectivity index (χ1v) is 7.35. The van der Waals surface area contributed by atoms with Crippen molar-refractivity contribution in [3.63, 3.8) is 0 Å². The number of hydrogen-bond donors (Lipinski definition) is 1. The van der Waals surface area contributed by atoms with Gasteiger partial charge in [0.1, 0.15) is 0 Å². The Kier molecular flexibility index (Phi) is 4.66. The fourth-order valence-electron chi connectivity index (χ4n) is 2.72. The number of rotatable bonds is 3. The third-order valence-electron chi connectivity index (χ3n) is 3.69. The van der Waals surface area contributed by atoms with E-state index in [1.165, 1.54) is 40.3 Å². The molecule has 104 valence electrons. The standard InChI is InChI=1S/C14H19N3S.ClH/c1-10-6-7-11(18-10)8-15-13-4-3-5-14-12(13)9-16-17(14)2;/h6-7,9,13,15H,3-5,8H2,1-2H3;1H. The molecule has 0 saturated carbocycles. The lowest BCUT2D eigenvalue weighted by Crippen LogP contribution is -2.24. The number of thiophene rings is 1. The van der Waals surface area contributed by atoms with E-state index >= 15 is 0 Å². The Morgan fingerprint density at radius 2 is 2.32 bits per heavy atom. The molecule has 2 aromatic heterocycles. The zero-order valence-electron chi connectivity index (χ0n) is 11.3. The maximum atomic E-state index is 4.39. The average Bonchev–Trinajstić information content (AvgIpc) is 2.94. The number of nitrogens with zero attached hydrogens (tertiary/aromatic N) is 2. The van der Waals surface area contributed by atoms with Crippen molar-refractivity contribution in [3.8, 4) is 0 Å². The second kappa shape index (κ2) is 6.07. The number of aromatic nitrogens is 2. The highest BCUT2D eigenvalue weighted by atomic mass is 35.5. The van der Waals surface area contributed by atoms with Crippen LogP contribution >= 0.6 is 23.7 Å². The van der Waals surface area contributed by atoms with Gasteiger partial charge in [0.2, 0.25) is 0 Å². The minimum absolute atomic E-state index is 0. The molecular formula is C14H20ClN3S. The number of fused-ring (bicyclic) bond motifs is 1. The first-order valence-electron chi connectivity index (χ1n) is 6.53. The molecule has 1 aliphatic rings. The molecule has 1 N–H and O–H groups in total. The van der Waals surface area contributed by atoms with Crippen LogP contribution in [0.1, 0.15) is 39.9 Å². The molecule has 0 amide bonds. The highest BCUT2D eigenvalue weighted by Crippen LogP contribution is 2.29. The van der Waals surface area contributed by atoms with Gasteiger partial charge in [-0.3, -0.25) is 4.68 Å². The van der Waals surface area contributed by atoms with Crippen LogP contribution in [-0.2, 0) is 20.0 Å². The Morgan fingerprint density at radius 1 is 1.47 bits per heavy atom. The van der Waals surface area contributed by atoms with Gasteiger partial charge in [0, 0.05) is 40.6 Å². The molecular weight excluding hydrogens is 278 g/mol. The maximum Gasteiger partial charge on any atom is 0.0540 e. The van der Waals surface area contributed by atoms with Gasteiger partial charge in [0.15, 0.2) is 0 Å². The van der Waals surface area contributed by atoms with Gasteiger partial charge in [0.05, 0.1) is 6.20 Å². The Morgan fingerprint density at radius 3 is 3.05 bits per heavy atom. The van der Waals surface area contributed by atoms with Gasteiger partial charge in [-0.15, -0.1) is 23.7 Å². The van der Waals surface area contributed by atoms with Crippen molar-refractivity contribution in [2.45, 2.75) is 38.8 Å². The minimum Gasteiger partial charge on any atom is -0.305 e. The van der Waals surface area contributed by atoms with Gasteiger partial charge in [-0.2, -0.15) is 5.10 Å². The van der Waals surface area contributed by atoms with Crippen molar-refractivity contribution in [3.05, 3.63) is 39.3 Å². The molecule has 1 unspecified atom stereocenters. The summed E-state index contributed by atoms with van der Waals surface area (Å²) in [6.45, 7) is 3.13. The summed E-state index contributed by atoms with van der Waals surface area (Å²) < 4.78 is 2.03. The van der Waals surface area contributed by atoms with Gasteiger partial charge in [0.25, 0.3) is 0 Å². The maximum absolute atomic E-state index is 4.39. The van der Waals surface area contributed by atoms with Crippen LogP contribution in [-0.4, -0.2) is 9.78 Å². The SMILES string of the molecule is Cc1ccc(CNC2CCCc3c2cnn3C)s1.Cl. The number of hydrogen-bond acceptors (Lipinski definition) is 3. The summed E-state index contributed by atoms with van der Waals surface area (Å²) in [7, 11) is 2.05. The largest absolute Gasteiger partial charge is 0.305 e. The minimum atomic E-state index is 0. The summed E-state index contributed by atoms with van der Waals surface area (Å²) in [5, 5.41) is 8.06. The van der Waals surface area contributed by atoms with Crippen LogP contribution in [0.3, 0.4) is 0 Å². The molecule has 0 spiro atoms. The van der Waals surface area contributed by atoms with E-state index in [-0.39, 0.29) is 12.4 Å². The van der Waals surface area contributed by atoms with Crippen molar-refractivity contribution in [2.24, 2.45) is 7.05 Å². The second-order valence-corrected chi connectivity index (χ2v) is 6.38. The molecule has 0 aliphatic heterocycles. The molecule has 2 aromatic rings. The summed E-state index contributed by atoms with van der Waals surface area (Å²) >= 11 is 1.88. The molecule has 19 heavy (non-hydrogen) atoms. The topological polar surface area (TPSA) is 29.9 Å². The molecule has 2 heterocycles. The molecule has 5 heteroatoms. The zero-order chi connectivity index (χ0) is 12.5. The van der Waals surface area contributed by atoms with E-state index < -0.39 is 0 Å². The summed E-state index contributed by atoms with van der Waals surface area (Å²) in [5.74, 6) is 0. The van der Waals surface area contributed by atoms with Gasteiger partial charge >= 0.3 is 0 Å². The van der Waals surface area contributed by atoms with Crippen LogP contribution in [0.2, 0.25) is 0 Å². The lowest BCUT2D eigenvalue weighted by atomic mass is 9.93. The van der Waals surface area contributed by atoms with Crippen molar-refractivity contribution >= 4 is 23.7 Å². The lowest BCUT2D eigenvalue weighted by Gasteiger charge is -2.23. The highest BCUT2D eigenvalue weighted by Gasteiger charge is 2.22. The fourth-order valence-corrected chi connectivity index (χ4v) is 3.56. The molecule has 3 nitrogen and oxygen atoms in total. The molecule has 0 radical (unpaired) electrons. The lowest BCUT2D eigenvalue weighted by molar-refractivity contribution is 0.453. The Labute approximate surface area is 124 Å². The van der Waals surface area contributed by atoms with E-state index in [4.69, 9.17) is 0 Å². The summed E-state index contributed by atoms with van der Waals surface area (Å²) in [6.07, 6.45) is 5.69. The van der Waals surface area contributed by atoms with Crippen molar-refractivity contribution in [2.75, 3.05) is 0 Å². The highest BCUT2D eigenvalue weighted by molar-refractivity contribution is 7.11. The first kappa shape index (κ1) is 14.6. The van der Waals surface area contributed by atoms with Crippen LogP contribution in [0.5, 0.6) is 0 Å². The van der Waals surface area contributed by atoms with Crippen molar-refractivity contribution in [1.82, 2.24) is 15.1 Å². The molecule has 1 aliphatic carbocycles. The summed E-state index contributed by atoms with van der Waals surface area (Å²) in [5.41, 5.74) is 2.80. The van der Waals surface area contributed by atoms with Crippen LogP contribution in [0, 0.1) is 6.92 Å². The third kappa shape index (κ3) is 3.02. The van der Waals surface area contributed by atoms with Crippen LogP contribution < -0.4 is 5.32 Å². The Hall–Kier alpha value is -0.840. The van der Waals surface area contributed by atoms with Gasteiger partial charge in [-0.25, -0.2) is 0 Å². The van der Waals surface area contributed by atoms with E-state index in [1.807, 2.05) is 29.3 Å². The molecule has 0 fully saturated rings. The van der Waals surface area contributed by atoms with Crippen molar-refractivity contribution < 1.29 is 0 Å². The quantitative estimate of drug-likeness (QED) is 0.941. The van der Waals surface area contributed by atoms with E-state index in [1.54, 1.807) is 0 Å². The van der Waals surface area contributed by atoms with E-state index in [2.05, 4.69) is 29.5 Å². The van der Waals surface area contributed by atoms with Crippen LogP contribution in [0.25, 0.3) is 0 Å². The second-order valence-electron chi connectivity index (χ2n) is 5.01. The molecule has 0 bridgehead atoms. The predicted octanol–water partition coefficient (Wildman–Crippen LogP) is 3.38. The van der Waals surface area contributed by atoms with Gasteiger partial charge < -0.3 is 5.32 Å². The first-order chi connectivity index (χ1) is 8.74. The average molecular weight is 298 g/mol. The normalized spacial score (nSPS) is 17.9. The monoisotopic (exact) mass is 297 g/mol. The van der Waals surface area contributed by atoms with Gasteiger partial charge in [-0.1, -0.05) is 0 Å². The molecule has 0 aromatic carbocycles. The molecule has 0 saturated heterocycles. The van der Waals surface area contributed by atoms with E-state index in [0.29, 0.717) is 6.04 Å². The fraction of sp³-hybridized carbons (Fsp3) is 0.500. The third-order valence-corrected chi connectivity index (χ3v) is 4.70. The smallest absolute Gasteiger partial charge is 0.0540 e. The Bertz CT molecular complexity index is 547. The summed E-state index contributed by atoms with van der Waals surface area (Å²) in [6, 6.07) is 4.89. The number of halogens is 1. The number of nitrogens with one attached hydrogen (secondary N) is 1. The van der Waals surface area contributed by atoms with Crippen LogP contribution in [0.15, 0.2) is 18.3 Å². The van der Waals surface area contributed by atoms with E-state index in [0.717, 1.165) is 6.54 Å². The molecule has 3 rings (SSSR count).